The van der Waals surface area contributed by atoms with Crippen molar-refractivity contribution in [3.05, 3.63) is 29.3 Å². The fourth-order valence-electron chi connectivity index (χ4n) is 2.18. The summed E-state index contributed by atoms with van der Waals surface area (Å²) >= 11 is 0. The SMILES string of the molecule is CCc1ccc(S(=O)(=O)Cl)cc1C(=O)NC1CC1(C)C. The van der Waals surface area contributed by atoms with E-state index in [1.165, 1.54) is 12.1 Å². The Kier molecular flexibility index (Phi) is 3.86. The molecule has 0 heterocycles. The monoisotopic (exact) mass is 315 g/mol. The number of amides is 1. The lowest BCUT2D eigenvalue weighted by atomic mass is 10.0. The molecule has 1 aromatic rings. The number of halogens is 1. The van der Waals surface area contributed by atoms with E-state index in [-0.39, 0.29) is 22.3 Å². The first-order valence-corrected chi connectivity index (χ1v) is 8.84. The molecular formula is C14H18ClNO3S. The highest BCUT2D eigenvalue weighted by Gasteiger charge is 2.46. The normalized spacial score (nSPS) is 20.5. The van der Waals surface area contributed by atoms with Gasteiger partial charge in [0.25, 0.3) is 15.0 Å². The molecule has 110 valence electrons. The van der Waals surface area contributed by atoms with Gasteiger partial charge in [-0.3, -0.25) is 4.79 Å². The van der Waals surface area contributed by atoms with Gasteiger partial charge in [0.05, 0.1) is 4.90 Å². The molecule has 1 fully saturated rings. The maximum Gasteiger partial charge on any atom is 0.261 e. The molecule has 6 heteroatoms. The minimum Gasteiger partial charge on any atom is -0.349 e. The van der Waals surface area contributed by atoms with Gasteiger partial charge in [0.1, 0.15) is 0 Å². The van der Waals surface area contributed by atoms with Gasteiger partial charge in [0, 0.05) is 22.3 Å². The Morgan fingerprint density at radius 1 is 1.45 bits per heavy atom. The van der Waals surface area contributed by atoms with Crippen LogP contribution in [0.5, 0.6) is 0 Å². The molecule has 2 rings (SSSR count). The van der Waals surface area contributed by atoms with Crippen molar-refractivity contribution in [1.29, 1.82) is 0 Å². The van der Waals surface area contributed by atoms with Gasteiger partial charge in [-0.25, -0.2) is 8.42 Å². The summed E-state index contributed by atoms with van der Waals surface area (Å²) in [7, 11) is 1.51. The minimum absolute atomic E-state index is 0.0448. The highest BCUT2D eigenvalue weighted by molar-refractivity contribution is 8.13. The van der Waals surface area contributed by atoms with E-state index in [1.54, 1.807) is 6.07 Å². The van der Waals surface area contributed by atoms with Crippen LogP contribution in [0.25, 0.3) is 0 Å². The Balaban J connectivity index is 2.31. The number of carbonyl (C=O) groups is 1. The third-order valence-corrected chi connectivity index (χ3v) is 5.16. The van der Waals surface area contributed by atoms with Crippen molar-refractivity contribution >= 4 is 25.6 Å². The van der Waals surface area contributed by atoms with Crippen LogP contribution >= 0.6 is 10.7 Å². The topological polar surface area (TPSA) is 63.2 Å². The largest absolute Gasteiger partial charge is 0.349 e. The van der Waals surface area contributed by atoms with Crippen molar-refractivity contribution in [2.24, 2.45) is 5.41 Å². The van der Waals surface area contributed by atoms with E-state index < -0.39 is 9.05 Å². The Labute approximate surface area is 123 Å². The number of rotatable bonds is 4. The van der Waals surface area contributed by atoms with Crippen LogP contribution in [0.4, 0.5) is 0 Å². The molecule has 1 N–H and O–H groups in total. The summed E-state index contributed by atoms with van der Waals surface area (Å²) in [5, 5.41) is 2.94. The fourth-order valence-corrected chi connectivity index (χ4v) is 2.95. The number of hydrogen-bond donors (Lipinski definition) is 1. The molecule has 0 spiro atoms. The average molecular weight is 316 g/mol. The highest BCUT2D eigenvalue weighted by atomic mass is 35.7. The standard InChI is InChI=1S/C14H18ClNO3S/c1-4-9-5-6-10(20(15,18)19)7-11(9)13(17)16-12-8-14(12,2)3/h5-7,12H,4,8H2,1-3H3,(H,16,17). The molecule has 20 heavy (non-hydrogen) atoms. The molecule has 0 bridgehead atoms. The van der Waals surface area contributed by atoms with Gasteiger partial charge < -0.3 is 5.32 Å². The molecule has 0 aliphatic heterocycles. The van der Waals surface area contributed by atoms with E-state index in [1.807, 2.05) is 6.92 Å². The van der Waals surface area contributed by atoms with Crippen LogP contribution in [0.1, 0.15) is 43.1 Å². The summed E-state index contributed by atoms with van der Waals surface area (Å²) < 4.78 is 22.8. The Bertz CT molecular complexity index is 652. The first-order chi connectivity index (χ1) is 9.15. The zero-order valence-corrected chi connectivity index (χ0v) is 13.3. The zero-order valence-electron chi connectivity index (χ0n) is 11.7. The van der Waals surface area contributed by atoms with Crippen molar-refractivity contribution in [2.45, 2.75) is 44.6 Å². The second kappa shape index (κ2) is 5.04. The number of nitrogens with one attached hydrogen (secondary N) is 1. The molecule has 1 saturated carbocycles. The van der Waals surface area contributed by atoms with Crippen molar-refractivity contribution < 1.29 is 13.2 Å². The molecule has 1 aliphatic carbocycles. The molecule has 0 saturated heterocycles. The van der Waals surface area contributed by atoms with Crippen LogP contribution in [-0.4, -0.2) is 20.4 Å². The predicted molar refractivity (Wildman–Crippen MR) is 78.5 cm³/mol. The first kappa shape index (κ1) is 15.3. The lowest BCUT2D eigenvalue weighted by molar-refractivity contribution is 0.0945. The molecule has 1 amide bonds. The van der Waals surface area contributed by atoms with E-state index in [2.05, 4.69) is 19.2 Å². The molecule has 0 radical (unpaired) electrons. The number of benzene rings is 1. The van der Waals surface area contributed by atoms with Crippen molar-refractivity contribution in [2.75, 3.05) is 0 Å². The highest BCUT2D eigenvalue weighted by Crippen LogP contribution is 2.44. The number of aryl methyl sites for hydroxylation is 1. The second-order valence-corrected chi connectivity index (χ2v) is 8.40. The van der Waals surface area contributed by atoms with Crippen LogP contribution in [0.2, 0.25) is 0 Å². The third-order valence-electron chi connectivity index (χ3n) is 3.81. The summed E-state index contributed by atoms with van der Waals surface area (Å²) in [6, 6.07) is 4.57. The third kappa shape index (κ3) is 3.15. The van der Waals surface area contributed by atoms with Crippen LogP contribution < -0.4 is 5.32 Å². The van der Waals surface area contributed by atoms with Crippen molar-refractivity contribution in [3.8, 4) is 0 Å². The van der Waals surface area contributed by atoms with Crippen LogP contribution in [-0.2, 0) is 15.5 Å². The van der Waals surface area contributed by atoms with Gasteiger partial charge in [-0.1, -0.05) is 26.8 Å². The molecule has 1 aromatic carbocycles. The van der Waals surface area contributed by atoms with Crippen molar-refractivity contribution in [3.63, 3.8) is 0 Å². The summed E-state index contributed by atoms with van der Waals surface area (Å²) in [4.78, 5) is 12.2. The summed E-state index contributed by atoms with van der Waals surface area (Å²) in [5.41, 5.74) is 1.32. The molecular weight excluding hydrogens is 298 g/mol. The first-order valence-electron chi connectivity index (χ1n) is 6.53. The molecule has 1 aliphatic rings. The maximum atomic E-state index is 12.3. The van der Waals surface area contributed by atoms with E-state index in [0.29, 0.717) is 12.0 Å². The molecule has 1 atom stereocenters. The zero-order chi connectivity index (χ0) is 15.1. The fraction of sp³-hybridized carbons (Fsp3) is 0.500. The van der Waals surface area contributed by atoms with Crippen molar-refractivity contribution in [1.82, 2.24) is 5.32 Å². The summed E-state index contributed by atoms with van der Waals surface area (Å²) in [6.45, 7) is 6.08. The smallest absolute Gasteiger partial charge is 0.261 e. The van der Waals surface area contributed by atoms with E-state index >= 15 is 0 Å². The Hall–Kier alpha value is -1.07. The maximum absolute atomic E-state index is 12.3. The van der Waals surface area contributed by atoms with Crippen LogP contribution in [0.15, 0.2) is 23.1 Å². The molecule has 0 aromatic heterocycles. The van der Waals surface area contributed by atoms with Gasteiger partial charge in [-0.15, -0.1) is 0 Å². The Morgan fingerprint density at radius 3 is 2.50 bits per heavy atom. The Morgan fingerprint density at radius 2 is 2.05 bits per heavy atom. The van der Waals surface area contributed by atoms with Gasteiger partial charge in [0.2, 0.25) is 0 Å². The van der Waals surface area contributed by atoms with Crippen LogP contribution in [0, 0.1) is 5.41 Å². The summed E-state index contributed by atoms with van der Waals surface area (Å²) in [5.74, 6) is -0.236. The van der Waals surface area contributed by atoms with E-state index in [0.717, 1.165) is 12.0 Å². The van der Waals surface area contributed by atoms with Crippen LogP contribution in [0.3, 0.4) is 0 Å². The quantitative estimate of drug-likeness (QED) is 0.869. The van der Waals surface area contributed by atoms with E-state index in [4.69, 9.17) is 10.7 Å². The number of hydrogen-bond acceptors (Lipinski definition) is 3. The van der Waals surface area contributed by atoms with Gasteiger partial charge in [-0.05, 0) is 36.0 Å². The predicted octanol–water partition coefficient (Wildman–Crippen LogP) is 2.70. The number of carbonyl (C=O) groups excluding carboxylic acids is 1. The lowest BCUT2D eigenvalue weighted by Crippen LogP contribution is -2.29. The van der Waals surface area contributed by atoms with Gasteiger partial charge in [-0.2, -0.15) is 0 Å². The lowest BCUT2D eigenvalue weighted by Gasteiger charge is -2.11. The second-order valence-electron chi connectivity index (χ2n) is 5.83. The van der Waals surface area contributed by atoms with Gasteiger partial charge >= 0.3 is 0 Å². The van der Waals surface area contributed by atoms with Gasteiger partial charge in [0.15, 0.2) is 0 Å². The average Bonchev–Trinajstić information content (AvgIpc) is 2.94. The summed E-state index contributed by atoms with van der Waals surface area (Å²) in [6.07, 6.45) is 1.59. The minimum atomic E-state index is -3.83. The van der Waals surface area contributed by atoms with E-state index in [9.17, 15) is 13.2 Å². The molecule has 1 unspecified atom stereocenters. The molecule has 4 nitrogen and oxygen atoms in total.